The van der Waals surface area contributed by atoms with E-state index in [0.717, 1.165) is 11.3 Å². The molecule has 3 N–H and O–H groups in total. The first-order valence-electron chi connectivity index (χ1n) is 3.93. The summed E-state index contributed by atoms with van der Waals surface area (Å²) in [4.78, 5) is 21.8. The normalized spacial score (nSPS) is 12.2. The van der Waals surface area contributed by atoms with Crippen LogP contribution in [-0.2, 0) is 4.79 Å². The molecule has 1 aromatic heterocycles. The van der Waals surface area contributed by atoms with Crippen LogP contribution in [0.5, 0.6) is 0 Å². The number of aliphatic hydroxyl groups is 1. The Morgan fingerprint density at radius 1 is 1.60 bits per heavy atom. The van der Waals surface area contributed by atoms with Gasteiger partial charge in [0, 0.05) is 0 Å². The van der Waals surface area contributed by atoms with E-state index in [9.17, 15) is 9.59 Å². The van der Waals surface area contributed by atoms with Crippen molar-refractivity contribution < 1.29 is 19.8 Å². The maximum absolute atomic E-state index is 11.1. The van der Waals surface area contributed by atoms with Crippen LogP contribution in [-0.4, -0.2) is 28.2 Å². The third-order valence-electron chi connectivity index (χ3n) is 1.55. The van der Waals surface area contributed by atoms with Crippen LogP contribution in [0.2, 0.25) is 4.34 Å². The number of carbonyl (C=O) groups is 2. The van der Waals surface area contributed by atoms with Gasteiger partial charge in [-0.05, 0) is 13.0 Å². The van der Waals surface area contributed by atoms with Gasteiger partial charge >= 0.3 is 5.97 Å². The molecule has 1 unspecified atom stereocenters. The number of anilines is 1. The molecule has 0 fully saturated rings. The number of aliphatic hydroxyl groups excluding tert-OH is 1. The molecule has 1 amide bonds. The molecule has 0 radical (unpaired) electrons. The largest absolute Gasteiger partial charge is 0.478 e. The zero-order valence-corrected chi connectivity index (χ0v) is 9.22. The zero-order valence-electron chi connectivity index (χ0n) is 7.65. The predicted molar refractivity (Wildman–Crippen MR) is 56.6 cm³/mol. The van der Waals surface area contributed by atoms with E-state index < -0.39 is 18.0 Å². The maximum atomic E-state index is 11.1. The molecule has 82 valence electrons. The molecule has 0 aliphatic carbocycles. The number of halogens is 1. The van der Waals surface area contributed by atoms with Crippen LogP contribution in [0.1, 0.15) is 17.3 Å². The molecule has 0 aliphatic rings. The van der Waals surface area contributed by atoms with Crippen molar-refractivity contribution in [2.75, 3.05) is 5.32 Å². The SMILES string of the molecule is CC(O)C(=O)Nc1sc(Cl)cc1C(=O)O. The van der Waals surface area contributed by atoms with Gasteiger partial charge in [-0.25, -0.2) is 4.79 Å². The van der Waals surface area contributed by atoms with Crippen molar-refractivity contribution in [3.63, 3.8) is 0 Å². The lowest BCUT2D eigenvalue weighted by atomic mass is 10.3. The van der Waals surface area contributed by atoms with E-state index in [1.165, 1.54) is 13.0 Å². The Kier molecular flexibility index (Phi) is 3.67. The van der Waals surface area contributed by atoms with Gasteiger partial charge in [-0.3, -0.25) is 4.79 Å². The van der Waals surface area contributed by atoms with Gasteiger partial charge in [0.1, 0.15) is 11.1 Å². The smallest absolute Gasteiger partial charge is 0.338 e. The van der Waals surface area contributed by atoms with Gasteiger partial charge < -0.3 is 15.5 Å². The van der Waals surface area contributed by atoms with E-state index in [1.807, 2.05) is 0 Å². The van der Waals surface area contributed by atoms with E-state index in [2.05, 4.69) is 5.32 Å². The van der Waals surface area contributed by atoms with Crippen molar-refractivity contribution >= 4 is 39.8 Å². The number of aromatic carboxylic acids is 1. The fourth-order valence-corrected chi connectivity index (χ4v) is 1.95. The quantitative estimate of drug-likeness (QED) is 0.756. The Bertz CT molecular complexity index is 401. The number of hydrogen-bond donors (Lipinski definition) is 3. The van der Waals surface area contributed by atoms with Gasteiger partial charge in [-0.15, -0.1) is 11.3 Å². The van der Waals surface area contributed by atoms with Crippen LogP contribution in [0.25, 0.3) is 0 Å². The Balaban J connectivity index is 2.94. The number of carboxylic acid groups (broad SMARTS) is 1. The van der Waals surface area contributed by atoms with Gasteiger partial charge in [0.15, 0.2) is 0 Å². The van der Waals surface area contributed by atoms with E-state index in [-0.39, 0.29) is 14.9 Å². The average Bonchev–Trinajstić information content (AvgIpc) is 2.46. The maximum Gasteiger partial charge on any atom is 0.338 e. The highest BCUT2D eigenvalue weighted by Crippen LogP contribution is 2.31. The molecule has 0 bridgehead atoms. The summed E-state index contributed by atoms with van der Waals surface area (Å²) in [5.74, 6) is -1.85. The number of carboxylic acids is 1. The molecule has 7 heteroatoms. The lowest BCUT2D eigenvalue weighted by Crippen LogP contribution is -2.24. The minimum Gasteiger partial charge on any atom is -0.478 e. The molecule has 0 spiro atoms. The second-order valence-electron chi connectivity index (χ2n) is 2.76. The van der Waals surface area contributed by atoms with Crippen molar-refractivity contribution in [1.29, 1.82) is 0 Å². The topological polar surface area (TPSA) is 86.6 Å². The monoisotopic (exact) mass is 249 g/mol. The van der Waals surface area contributed by atoms with Gasteiger partial charge in [-0.2, -0.15) is 0 Å². The fraction of sp³-hybridized carbons (Fsp3) is 0.250. The van der Waals surface area contributed by atoms with Gasteiger partial charge in [0.05, 0.1) is 9.90 Å². The number of nitrogens with one attached hydrogen (secondary N) is 1. The van der Waals surface area contributed by atoms with Crippen molar-refractivity contribution in [3.8, 4) is 0 Å². The summed E-state index contributed by atoms with van der Waals surface area (Å²) in [5.41, 5.74) is -0.0843. The molecule has 0 aliphatic heterocycles. The number of thiophene rings is 1. The Hall–Kier alpha value is -1.11. The molecule has 5 nitrogen and oxygen atoms in total. The summed E-state index contributed by atoms with van der Waals surface area (Å²) in [7, 11) is 0. The van der Waals surface area contributed by atoms with Crippen LogP contribution in [0, 0.1) is 0 Å². The summed E-state index contributed by atoms with van der Waals surface area (Å²) in [5, 5.41) is 20.1. The van der Waals surface area contributed by atoms with Crippen molar-refractivity contribution in [2.45, 2.75) is 13.0 Å². The van der Waals surface area contributed by atoms with E-state index in [4.69, 9.17) is 21.8 Å². The standard InChI is InChI=1S/C8H8ClNO4S/c1-3(11)6(12)10-7-4(8(13)14)2-5(9)15-7/h2-3,11H,1H3,(H,10,12)(H,13,14). The number of rotatable bonds is 3. The van der Waals surface area contributed by atoms with Gasteiger partial charge in [0.2, 0.25) is 0 Å². The summed E-state index contributed by atoms with van der Waals surface area (Å²) >= 11 is 6.54. The number of hydrogen-bond acceptors (Lipinski definition) is 4. The van der Waals surface area contributed by atoms with Crippen LogP contribution in [0.3, 0.4) is 0 Å². The van der Waals surface area contributed by atoms with Crippen LogP contribution < -0.4 is 5.32 Å². The molecule has 1 heterocycles. The fourth-order valence-electron chi connectivity index (χ4n) is 0.829. The average molecular weight is 250 g/mol. The molecule has 0 saturated carbocycles. The highest BCUT2D eigenvalue weighted by molar-refractivity contribution is 7.20. The molecule has 0 saturated heterocycles. The third kappa shape index (κ3) is 2.92. The van der Waals surface area contributed by atoms with E-state index in [0.29, 0.717) is 0 Å². The van der Waals surface area contributed by atoms with Gasteiger partial charge in [0.25, 0.3) is 5.91 Å². The Labute approximate surface area is 94.3 Å². The zero-order chi connectivity index (χ0) is 11.6. The van der Waals surface area contributed by atoms with Crippen LogP contribution in [0.15, 0.2) is 6.07 Å². The van der Waals surface area contributed by atoms with Crippen LogP contribution in [0.4, 0.5) is 5.00 Å². The summed E-state index contributed by atoms with van der Waals surface area (Å²) in [6, 6.07) is 1.24. The van der Waals surface area contributed by atoms with E-state index >= 15 is 0 Å². The van der Waals surface area contributed by atoms with Crippen LogP contribution >= 0.6 is 22.9 Å². The summed E-state index contributed by atoms with van der Waals surface area (Å²) < 4.78 is 0.258. The first-order valence-corrected chi connectivity index (χ1v) is 5.13. The van der Waals surface area contributed by atoms with Gasteiger partial charge in [-0.1, -0.05) is 11.6 Å². The van der Waals surface area contributed by atoms with Crippen molar-refractivity contribution in [3.05, 3.63) is 16.0 Å². The Morgan fingerprint density at radius 3 is 2.67 bits per heavy atom. The molecular weight excluding hydrogens is 242 g/mol. The first kappa shape index (κ1) is 12.0. The van der Waals surface area contributed by atoms with Crippen molar-refractivity contribution in [2.24, 2.45) is 0 Å². The highest BCUT2D eigenvalue weighted by atomic mass is 35.5. The van der Waals surface area contributed by atoms with E-state index in [1.54, 1.807) is 0 Å². The summed E-state index contributed by atoms with van der Waals surface area (Å²) in [6.07, 6.45) is -1.20. The predicted octanol–water partition coefficient (Wildman–Crippen LogP) is 1.42. The number of carbonyl (C=O) groups excluding carboxylic acids is 1. The molecule has 1 atom stereocenters. The molecule has 1 rings (SSSR count). The summed E-state index contributed by atoms with van der Waals surface area (Å²) in [6.45, 7) is 1.28. The van der Waals surface area contributed by atoms with Crippen molar-refractivity contribution in [1.82, 2.24) is 0 Å². The second-order valence-corrected chi connectivity index (χ2v) is 4.45. The minimum atomic E-state index is -1.20. The lowest BCUT2D eigenvalue weighted by Gasteiger charge is -2.05. The Morgan fingerprint density at radius 2 is 2.20 bits per heavy atom. The molecule has 1 aromatic rings. The lowest BCUT2D eigenvalue weighted by molar-refractivity contribution is -0.123. The second kappa shape index (κ2) is 4.61. The third-order valence-corrected chi connectivity index (χ3v) is 2.73. The highest BCUT2D eigenvalue weighted by Gasteiger charge is 2.18. The molecule has 15 heavy (non-hydrogen) atoms. The minimum absolute atomic E-state index is 0.0843. The molecular formula is C8H8ClNO4S. The molecule has 0 aromatic carbocycles. The first-order chi connectivity index (χ1) is 6.91. The number of amides is 1.